The fourth-order valence-electron chi connectivity index (χ4n) is 4.01. The Morgan fingerprint density at radius 3 is 2.39 bits per heavy atom. The highest BCUT2D eigenvalue weighted by molar-refractivity contribution is 7.89. The van der Waals surface area contributed by atoms with Crippen LogP contribution in [-0.2, 0) is 10.0 Å². The summed E-state index contributed by atoms with van der Waals surface area (Å²) in [6.45, 7) is 8.96. The molecular weight excluding hydrogens is 546 g/mol. The van der Waals surface area contributed by atoms with E-state index < -0.39 is 37.5 Å². The maximum absolute atomic E-state index is 13.3. The number of sulfonamides is 1. The topological polar surface area (TPSA) is 145 Å². The third kappa shape index (κ3) is 6.61. The van der Waals surface area contributed by atoms with Gasteiger partial charge in [0.25, 0.3) is 11.6 Å². The number of hydrogen-bond acceptors (Lipinski definition) is 7. The Labute approximate surface area is 238 Å². The smallest absolute Gasteiger partial charge is 0.276 e. The molecule has 4 rings (SSSR count). The summed E-state index contributed by atoms with van der Waals surface area (Å²) >= 11 is 0. The maximum atomic E-state index is 13.3. The van der Waals surface area contributed by atoms with Crippen LogP contribution in [0.1, 0.15) is 47.4 Å². The Hall–Kier alpha value is -4.55. The van der Waals surface area contributed by atoms with E-state index >= 15 is 0 Å². The molecule has 2 N–H and O–H groups in total. The molecule has 3 aromatic carbocycles. The first kappa shape index (κ1) is 29.4. The van der Waals surface area contributed by atoms with Crippen molar-refractivity contribution in [2.45, 2.75) is 52.0 Å². The number of rotatable bonds is 10. The number of nitrogens with one attached hydrogen (secondary N) is 2. The molecule has 1 heterocycles. The summed E-state index contributed by atoms with van der Waals surface area (Å²) in [5, 5.41) is 18.9. The zero-order valence-electron chi connectivity index (χ0n) is 23.3. The molecule has 41 heavy (non-hydrogen) atoms. The van der Waals surface area contributed by atoms with Gasteiger partial charge in [-0.05, 0) is 70.0 Å². The summed E-state index contributed by atoms with van der Waals surface area (Å²) < 4.78 is 36.7. The van der Waals surface area contributed by atoms with Crippen LogP contribution >= 0.6 is 0 Å². The molecule has 4 aromatic rings. The van der Waals surface area contributed by atoms with E-state index in [2.05, 4.69) is 15.1 Å². The second-order valence-electron chi connectivity index (χ2n) is 9.77. The van der Waals surface area contributed by atoms with Crippen molar-refractivity contribution in [3.05, 3.63) is 99.2 Å². The Kier molecular flexibility index (Phi) is 8.55. The molecule has 0 unspecified atom stereocenters. The summed E-state index contributed by atoms with van der Waals surface area (Å²) in [4.78, 5) is 23.7. The number of anilines is 1. The van der Waals surface area contributed by atoms with Crippen LogP contribution in [0.25, 0.3) is 5.69 Å². The lowest BCUT2D eigenvalue weighted by Crippen LogP contribution is -2.32. The van der Waals surface area contributed by atoms with E-state index in [-0.39, 0.29) is 17.3 Å². The monoisotopic (exact) mass is 577 g/mol. The fraction of sp³-hybridized carbons (Fsp3) is 0.241. The first-order chi connectivity index (χ1) is 19.4. The van der Waals surface area contributed by atoms with Gasteiger partial charge in [-0.3, -0.25) is 14.9 Å². The SMILES string of the molecule is CC[C@H](C)NS(=O)(=O)c1cc([N+](=O)[O-])ccc1Oc1c(C)c(C(=O)Nc2cccc(C)c2)nn1-c1ccc(C)cc1. The second-order valence-corrected chi connectivity index (χ2v) is 11.5. The molecule has 12 heteroatoms. The number of ether oxygens (including phenoxy) is 1. The van der Waals surface area contributed by atoms with Crippen molar-refractivity contribution >= 4 is 27.3 Å². The highest BCUT2D eigenvalue weighted by atomic mass is 32.2. The summed E-state index contributed by atoms with van der Waals surface area (Å²) in [5.41, 5.74) is 3.10. The standard InChI is InChI=1S/C29H31N5O6S/c1-6-20(4)32-41(38,39)26-17-24(34(36)37)14-15-25(26)40-29-21(5)27(28(35)30-22-9-7-8-19(3)16-22)31-33(29)23-12-10-18(2)11-13-23/h7-17,20,32H,6H2,1-5H3,(H,30,35)/t20-/m0/s1. The Morgan fingerprint density at radius 2 is 1.76 bits per heavy atom. The van der Waals surface area contributed by atoms with Gasteiger partial charge in [-0.15, -0.1) is 0 Å². The van der Waals surface area contributed by atoms with Crippen LogP contribution in [0.5, 0.6) is 11.6 Å². The number of aromatic nitrogens is 2. The number of benzene rings is 3. The number of amides is 1. The first-order valence-electron chi connectivity index (χ1n) is 12.9. The van der Waals surface area contributed by atoms with Crippen molar-refractivity contribution in [1.82, 2.24) is 14.5 Å². The first-order valence-corrected chi connectivity index (χ1v) is 14.4. The third-order valence-corrected chi connectivity index (χ3v) is 8.05. The predicted octanol–water partition coefficient (Wildman–Crippen LogP) is 5.83. The van der Waals surface area contributed by atoms with E-state index in [9.17, 15) is 23.3 Å². The van der Waals surface area contributed by atoms with Gasteiger partial charge in [0.2, 0.25) is 15.9 Å². The quantitative estimate of drug-likeness (QED) is 0.178. The van der Waals surface area contributed by atoms with E-state index in [4.69, 9.17) is 4.74 Å². The van der Waals surface area contributed by atoms with Gasteiger partial charge in [-0.2, -0.15) is 9.78 Å². The molecule has 0 saturated heterocycles. The van der Waals surface area contributed by atoms with Gasteiger partial charge in [0.15, 0.2) is 5.69 Å². The lowest BCUT2D eigenvalue weighted by Gasteiger charge is -2.16. The van der Waals surface area contributed by atoms with Crippen molar-refractivity contribution in [1.29, 1.82) is 0 Å². The van der Waals surface area contributed by atoms with E-state index in [1.54, 1.807) is 32.0 Å². The van der Waals surface area contributed by atoms with Crippen molar-refractivity contribution < 1.29 is 22.9 Å². The Morgan fingerprint density at radius 1 is 1.05 bits per heavy atom. The molecule has 0 saturated carbocycles. The van der Waals surface area contributed by atoms with E-state index in [0.29, 0.717) is 23.4 Å². The Balaban J connectivity index is 1.84. The molecule has 0 radical (unpaired) electrons. The van der Waals surface area contributed by atoms with Gasteiger partial charge < -0.3 is 10.1 Å². The molecule has 214 valence electrons. The number of carbonyl (C=O) groups is 1. The van der Waals surface area contributed by atoms with Crippen LogP contribution in [0.15, 0.2) is 71.6 Å². The van der Waals surface area contributed by atoms with Crippen LogP contribution in [0, 0.1) is 30.9 Å². The largest absolute Gasteiger partial charge is 0.437 e. The van der Waals surface area contributed by atoms with E-state index in [1.165, 1.54) is 10.7 Å². The molecule has 1 atom stereocenters. The van der Waals surface area contributed by atoms with Gasteiger partial charge in [-0.1, -0.05) is 36.8 Å². The van der Waals surface area contributed by atoms with Crippen LogP contribution in [-0.4, -0.2) is 35.1 Å². The molecule has 0 spiro atoms. The number of hydrogen-bond donors (Lipinski definition) is 2. The van der Waals surface area contributed by atoms with Crippen molar-refractivity contribution in [2.75, 3.05) is 5.32 Å². The molecular formula is C29H31N5O6S. The lowest BCUT2D eigenvalue weighted by molar-refractivity contribution is -0.385. The van der Waals surface area contributed by atoms with E-state index in [1.807, 2.05) is 51.1 Å². The number of nitrogens with zero attached hydrogens (tertiary/aromatic N) is 3. The highest BCUT2D eigenvalue weighted by Gasteiger charge is 2.28. The van der Waals surface area contributed by atoms with Crippen LogP contribution in [0.2, 0.25) is 0 Å². The van der Waals surface area contributed by atoms with Crippen molar-refractivity contribution in [3.8, 4) is 17.3 Å². The molecule has 1 aromatic heterocycles. The minimum absolute atomic E-state index is 0.0612. The molecule has 1 amide bonds. The molecule has 0 aliphatic heterocycles. The molecule has 11 nitrogen and oxygen atoms in total. The number of carbonyl (C=O) groups excluding carboxylic acids is 1. The molecule has 0 bridgehead atoms. The highest BCUT2D eigenvalue weighted by Crippen LogP contribution is 2.36. The summed E-state index contributed by atoms with van der Waals surface area (Å²) in [6, 6.07) is 17.5. The minimum Gasteiger partial charge on any atom is -0.437 e. The summed E-state index contributed by atoms with van der Waals surface area (Å²) in [6.07, 6.45) is 0.503. The zero-order chi connectivity index (χ0) is 29.9. The zero-order valence-corrected chi connectivity index (χ0v) is 24.2. The summed E-state index contributed by atoms with van der Waals surface area (Å²) in [5.74, 6) is -0.565. The molecule has 0 aliphatic carbocycles. The number of nitro benzene ring substituents is 1. The van der Waals surface area contributed by atoms with Crippen LogP contribution in [0.3, 0.4) is 0 Å². The fourth-order valence-corrected chi connectivity index (χ4v) is 5.48. The second kappa shape index (κ2) is 11.9. The van der Waals surface area contributed by atoms with Gasteiger partial charge >= 0.3 is 0 Å². The third-order valence-electron chi connectivity index (χ3n) is 6.44. The van der Waals surface area contributed by atoms with Crippen LogP contribution in [0.4, 0.5) is 11.4 Å². The van der Waals surface area contributed by atoms with Gasteiger partial charge in [-0.25, -0.2) is 13.1 Å². The van der Waals surface area contributed by atoms with Gasteiger partial charge in [0.1, 0.15) is 10.6 Å². The maximum Gasteiger partial charge on any atom is 0.276 e. The van der Waals surface area contributed by atoms with E-state index in [0.717, 1.165) is 23.3 Å². The number of non-ortho nitro benzene ring substituents is 1. The normalized spacial score (nSPS) is 12.1. The van der Waals surface area contributed by atoms with Crippen molar-refractivity contribution in [2.24, 2.45) is 0 Å². The number of aryl methyl sites for hydroxylation is 2. The average Bonchev–Trinajstić information content (AvgIpc) is 3.24. The Bertz CT molecular complexity index is 1710. The number of nitro groups is 1. The summed E-state index contributed by atoms with van der Waals surface area (Å²) in [7, 11) is -4.22. The van der Waals surface area contributed by atoms with Crippen LogP contribution < -0.4 is 14.8 Å². The van der Waals surface area contributed by atoms with Crippen molar-refractivity contribution in [3.63, 3.8) is 0 Å². The predicted molar refractivity (Wildman–Crippen MR) is 155 cm³/mol. The molecule has 0 fully saturated rings. The lowest BCUT2D eigenvalue weighted by atomic mass is 10.2. The average molecular weight is 578 g/mol. The van der Waals surface area contributed by atoms with Gasteiger partial charge in [0, 0.05) is 29.4 Å². The van der Waals surface area contributed by atoms with Gasteiger partial charge in [0.05, 0.1) is 10.6 Å². The minimum atomic E-state index is -4.22. The molecule has 0 aliphatic rings.